The van der Waals surface area contributed by atoms with Crippen LogP contribution in [-0.2, 0) is 6.54 Å². The summed E-state index contributed by atoms with van der Waals surface area (Å²) < 4.78 is 0. The van der Waals surface area contributed by atoms with Crippen LogP contribution in [0.25, 0.3) is 10.9 Å². The Balaban J connectivity index is 1.74. The standard InChI is InChI=1S/C16H23N3/c1-12(17)13-5-4-8-19(10-13)11-14-9-18-16-7-3-2-6-15(14)16/h2-3,6-7,9,12-13,18H,4-5,8,10-11,17H2,1H3. The van der Waals surface area contributed by atoms with E-state index < -0.39 is 0 Å². The van der Waals surface area contributed by atoms with Gasteiger partial charge in [0.15, 0.2) is 0 Å². The number of hydrogen-bond acceptors (Lipinski definition) is 2. The summed E-state index contributed by atoms with van der Waals surface area (Å²) in [5, 5.41) is 1.35. The number of hydrogen-bond donors (Lipinski definition) is 2. The van der Waals surface area contributed by atoms with Crippen molar-refractivity contribution in [1.82, 2.24) is 9.88 Å². The van der Waals surface area contributed by atoms with Crippen molar-refractivity contribution in [3.8, 4) is 0 Å². The summed E-state index contributed by atoms with van der Waals surface area (Å²) in [6.07, 6.45) is 4.71. The molecule has 2 aromatic rings. The first-order chi connectivity index (χ1) is 9.24. The fourth-order valence-electron chi connectivity index (χ4n) is 3.17. The normalized spacial score (nSPS) is 22.7. The number of aromatic amines is 1. The van der Waals surface area contributed by atoms with Crippen molar-refractivity contribution in [2.24, 2.45) is 11.7 Å². The Bertz CT molecular complexity index is 544. The molecular formula is C16H23N3. The van der Waals surface area contributed by atoms with Gasteiger partial charge in [0.2, 0.25) is 0 Å². The van der Waals surface area contributed by atoms with Crippen molar-refractivity contribution in [3.05, 3.63) is 36.0 Å². The summed E-state index contributed by atoms with van der Waals surface area (Å²) in [5.74, 6) is 0.652. The minimum Gasteiger partial charge on any atom is -0.361 e. The maximum Gasteiger partial charge on any atom is 0.0457 e. The minimum atomic E-state index is 0.311. The number of para-hydroxylation sites is 1. The van der Waals surface area contributed by atoms with Crippen LogP contribution in [-0.4, -0.2) is 29.0 Å². The molecule has 1 aromatic heterocycles. The highest BCUT2D eigenvalue weighted by atomic mass is 15.1. The Morgan fingerprint density at radius 2 is 2.26 bits per heavy atom. The van der Waals surface area contributed by atoms with E-state index in [9.17, 15) is 0 Å². The fourth-order valence-corrected chi connectivity index (χ4v) is 3.17. The van der Waals surface area contributed by atoms with E-state index in [1.54, 1.807) is 0 Å². The molecule has 2 unspecified atom stereocenters. The molecule has 0 radical (unpaired) electrons. The molecule has 0 saturated carbocycles. The number of piperidine rings is 1. The first-order valence-corrected chi connectivity index (χ1v) is 7.27. The van der Waals surface area contributed by atoms with Crippen LogP contribution >= 0.6 is 0 Å². The fraction of sp³-hybridized carbons (Fsp3) is 0.500. The summed E-state index contributed by atoms with van der Waals surface area (Å²) in [5.41, 5.74) is 8.70. The van der Waals surface area contributed by atoms with E-state index in [1.807, 2.05) is 0 Å². The molecule has 2 atom stereocenters. The number of H-pyrrole nitrogens is 1. The van der Waals surface area contributed by atoms with Crippen molar-refractivity contribution in [3.63, 3.8) is 0 Å². The minimum absolute atomic E-state index is 0.311. The lowest BCUT2D eigenvalue weighted by molar-refractivity contribution is 0.155. The van der Waals surface area contributed by atoms with Crippen LogP contribution in [0, 0.1) is 5.92 Å². The van der Waals surface area contributed by atoms with Crippen LogP contribution in [0.15, 0.2) is 30.5 Å². The molecule has 3 N–H and O–H groups in total. The van der Waals surface area contributed by atoms with Crippen LogP contribution in [0.1, 0.15) is 25.3 Å². The summed E-state index contributed by atoms with van der Waals surface area (Å²) in [4.78, 5) is 5.91. The van der Waals surface area contributed by atoms with Gasteiger partial charge in [0, 0.05) is 36.2 Å². The van der Waals surface area contributed by atoms with Gasteiger partial charge in [-0.3, -0.25) is 4.90 Å². The molecule has 19 heavy (non-hydrogen) atoms. The third kappa shape index (κ3) is 2.67. The average Bonchev–Trinajstić information content (AvgIpc) is 2.83. The molecule has 0 bridgehead atoms. The van der Waals surface area contributed by atoms with Gasteiger partial charge in [0.25, 0.3) is 0 Å². The molecule has 102 valence electrons. The number of rotatable bonds is 3. The topological polar surface area (TPSA) is 45.0 Å². The van der Waals surface area contributed by atoms with Gasteiger partial charge < -0.3 is 10.7 Å². The quantitative estimate of drug-likeness (QED) is 0.888. The van der Waals surface area contributed by atoms with E-state index in [1.165, 1.54) is 35.9 Å². The smallest absolute Gasteiger partial charge is 0.0457 e. The number of nitrogens with zero attached hydrogens (tertiary/aromatic N) is 1. The lowest BCUT2D eigenvalue weighted by Crippen LogP contribution is -2.41. The van der Waals surface area contributed by atoms with Crippen LogP contribution in [0.2, 0.25) is 0 Å². The van der Waals surface area contributed by atoms with E-state index >= 15 is 0 Å². The zero-order valence-corrected chi connectivity index (χ0v) is 11.6. The van der Waals surface area contributed by atoms with Gasteiger partial charge in [0.05, 0.1) is 0 Å². The van der Waals surface area contributed by atoms with Crippen LogP contribution < -0.4 is 5.73 Å². The highest BCUT2D eigenvalue weighted by molar-refractivity contribution is 5.82. The molecule has 1 fully saturated rings. The second-order valence-electron chi connectivity index (χ2n) is 5.86. The van der Waals surface area contributed by atoms with Gasteiger partial charge in [0.1, 0.15) is 0 Å². The summed E-state index contributed by atoms with van der Waals surface area (Å²) >= 11 is 0. The molecule has 1 aliphatic rings. The molecule has 1 saturated heterocycles. The predicted octanol–water partition coefficient (Wildman–Crippen LogP) is 2.73. The number of aromatic nitrogens is 1. The summed E-state index contributed by atoms with van der Waals surface area (Å²) in [6, 6.07) is 8.84. The first kappa shape index (κ1) is 12.7. The van der Waals surface area contributed by atoms with Crippen molar-refractivity contribution >= 4 is 10.9 Å². The maximum absolute atomic E-state index is 6.06. The number of likely N-dealkylation sites (tertiary alicyclic amines) is 1. The number of nitrogens with two attached hydrogens (primary N) is 1. The zero-order valence-electron chi connectivity index (χ0n) is 11.6. The molecule has 3 nitrogen and oxygen atoms in total. The van der Waals surface area contributed by atoms with Crippen LogP contribution in [0.4, 0.5) is 0 Å². The molecule has 3 rings (SSSR count). The Labute approximate surface area is 114 Å². The Morgan fingerprint density at radius 3 is 3.11 bits per heavy atom. The van der Waals surface area contributed by atoms with E-state index in [0.717, 1.165) is 13.1 Å². The second kappa shape index (κ2) is 5.35. The molecule has 0 aliphatic carbocycles. The monoisotopic (exact) mass is 257 g/mol. The largest absolute Gasteiger partial charge is 0.361 e. The molecular weight excluding hydrogens is 234 g/mol. The Kier molecular flexibility index (Phi) is 3.58. The van der Waals surface area contributed by atoms with Gasteiger partial charge in [-0.05, 0) is 43.9 Å². The molecule has 1 aliphatic heterocycles. The molecule has 0 spiro atoms. The molecule has 1 aromatic carbocycles. The average molecular weight is 257 g/mol. The number of nitrogens with one attached hydrogen (secondary N) is 1. The highest BCUT2D eigenvalue weighted by Crippen LogP contribution is 2.23. The molecule has 2 heterocycles. The van der Waals surface area contributed by atoms with Gasteiger partial charge in [-0.1, -0.05) is 18.2 Å². The van der Waals surface area contributed by atoms with Gasteiger partial charge in [-0.2, -0.15) is 0 Å². The van der Waals surface area contributed by atoms with E-state index in [-0.39, 0.29) is 0 Å². The molecule has 0 amide bonds. The van der Waals surface area contributed by atoms with Crippen molar-refractivity contribution < 1.29 is 0 Å². The van der Waals surface area contributed by atoms with Crippen LogP contribution in [0.3, 0.4) is 0 Å². The first-order valence-electron chi connectivity index (χ1n) is 7.27. The number of fused-ring (bicyclic) bond motifs is 1. The van der Waals surface area contributed by atoms with Gasteiger partial charge in [-0.25, -0.2) is 0 Å². The Morgan fingerprint density at radius 1 is 1.42 bits per heavy atom. The van der Waals surface area contributed by atoms with Crippen LogP contribution in [0.5, 0.6) is 0 Å². The van der Waals surface area contributed by atoms with E-state index in [4.69, 9.17) is 5.73 Å². The van der Waals surface area contributed by atoms with Crippen molar-refractivity contribution in [1.29, 1.82) is 0 Å². The third-order valence-electron chi connectivity index (χ3n) is 4.35. The summed E-state index contributed by atoms with van der Waals surface area (Å²) in [7, 11) is 0. The van der Waals surface area contributed by atoms with Gasteiger partial charge >= 0.3 is 0 Å². The number of benzene rings is 1. The van der Waals surface area contributed by atoms with E-state index in [0.29, 0.717) is 12.0 Å². The highest BCUT2D eigenvalue weighted by Gasteiger charge is 2.23. The maximum atomic E-state index is 6.06. The van der Waals surface area contributed by atoms with Crippen molar-refractivity contribution in [2.75, 3.05) is 13.1 Å². The lowest BCUT2D eigenvalue weighted by Gasteiger charge is -2.34. The van der Waals surface area contributed by atoms with Crippen molar-refractivity contribution in [2.45, 2.75) is 32.4 Å². The Hall–Kier alpha value is -1.32. The second-order valence-corrected chi connectivity index (χ2v) is 5.86. The third-order valence-corrected chi connectivity index (χ3v) is 4.35. The zero-order chi connectivity index (χ0) is 13.2. The summed E-state index contributed by atoms with van der Waals surface area (Å²) in [6.45, 7) is 5.51. The SMILES string of the molecule is CC(N)C1CCCN(Cc2c[nH]c3ccccc23)C1. The predicted molar refractivity (Wildman–Crippen MR) is 79.9 cm³/mol. The van der Waals surface area contributed by atoms with Gasteiger partial charge in [-0.15, -0.1) is 0 Å². The lowest BCUT2D eigenvalue weighted by atomic mass is 9.92. The molecule has 3 heteroatoms. The van der Waals surface area contributed by atoms with E-state index in [2.05, 4.69) is 47.3 Å².